The molecule has 2 aromatic carbocycles. The second-order valence-electron chi connectivity index (χ2n) is 9.97. The number of rotatable bonds is 5. The van der Waals surface area contributed by atoms with Crippen molar-refractivity contribution in [1.82, 2.24) is 15.0 Å². The number of piperidine rings is 1. The molecular formula is C22H8B10ClF2N3O4. The highest BCUT2D eigenvalue weighted by molar-refractivity contribution is 6.68. The van der Waals surface area contributed by atoms with E-state index in [0.717, 1.165) is 4.90 Å². The number of alkyl halides is 2. The molecule has 4 amide bonds. The number of hydrogen-bond acceptors (Lipinski definition) is 4. The number of benzene rings is 2. The fraction of sp³-hybridized carbons (Fsp3) is 0.273. The fourth-order valence-corrected chi connectivity index (χ4v) is 5.00. The van der Waals surface area contributed by atoms with Crippen LogP contribution in [-0.2, 0) is 33.4 Å². The summed E-state index contributed by atoms with van der Waals surface area (Å²) in [5.41, 5.74) is -5.74. The number of hydrogen-bond donors (Lipinski definition) is 1. The van der Waals surface area contributed by atoms with Gasteiger partial charge in [-0.05, 0) is 22.4 Å². The highest BCUT2D eigenvalue weighted by Gasteiger charge is 2.64. The molecule has 4 rings (SSSR count). The normalized spacial score (nSPS) is 21.4. The molecule has 20 heteroatoms. The van der Waals surface area contributed by atoms with E-state index in [9.17, 15) is 19.2 Å². The van der Waals surface area contributed by atoms with Gasteiger partial charge in [0.05, 0.1) is 36.8 Å². The standard InChI is InChI=1S/C22H8B10ClF2N3O4/c23-10-9(11(24)13(26)14(33)12(10)25)19(34,35)16(40)36-4-6-1-2-8-7(3-6)5-37(15(8)39)21(29)18(42)38(32)17(41)20(27,28)22(21,30)31/h1-3H,4-5H2,(H,36,40). The Morgan fingerprint density at radius 2 is 1.50 bits per heavy atom. The molecule has 1 fully saturated rings. The zero-order valence-electron chi connectivity index (χ0n) is 21.6. The van der Waals surface area contributed by atoms with Crippen molar-refractivity contribution in [3.8, 4) is 0 Å². The molecule has 7 nitrogen and oxygen atoms in total. The van der Waals surface area contributed by atoms with E-state index in [1.165, 1.54) is 18.2 Å². The first-order valence-electron chi connectivity index (χ1n) is 11.7. The quantitative estimate of drug-likeness (QED) is 0.294. The van der Waals surface area contributed by atoms with Crippen LogP contribution in [0.3, 0.4) is 0 Å². The molecule has 42 heavy (non-hydrogen) atoms. The number of carbonyl (C=O) groups is 4. The molecule has 1 atom stereocenters. The lowest BCUT2D eigenvalue weighted by Gasteiger charge is -2.62. The maximum absolute atomic E-state index is 15.2. The molecule has 2 heterocycles. The summed E-state index contributed by atoms with van der Waals surface area (Å²) in [4.78, 5) is 52.0. The number of amides is 4. The predicted octanol–water partition coefficient (Wildman–Crippen LogP) is -4.90. The third-order valence-electron chi connectivity index (χ3n) is 7.48. The molecule has 2 aliphatic heterocycles. The zero-order valence-corrected chi connectivity index (χ0v) is 22.3. The Kier molecular flexibility index (Phi) is 7.83. The first-order chi connectivity index (χ1) is 19.1. The van der Waals surface area contributed by atoms with Crippen molar-refractivity contribution < 1.29 is 28.0 Å². The topological polar surface area (TPSA) is 86.8 Å². The molecule has 2 aliphatic rings. The highest BCUT2D eigenvalue weighted by atomic mass is 35.5. The lowest BCUT2D eigenvalue weighted by atomic mass is 9.21. The second-order valence-corrected chi connectivity index (χ2v) is 10.3. The van der Waals surface area contributed by atoms with Crippen molar-refractivity contribution in [2.75, 3.05) is 0 Å². The van der Waals surface area contributed by atoms with Gasteiger partial charge < -0.3 is 15.0 Å². The number of nitrogens with zero attached hydrogens (tertiary/aromatic N) is 2. The fourth-order valence-electron chi connectivity index (χ4n) is 4.79. The number of carbonyl (C=O) groups excluding carboxylic acids is 4. The average molecular weight is 560 g/mol. The smallest absolute Gasteiger partial charge is 0.346 e. The van der Waals surface area contributed by atoms with Crippen molar-refractivity contribution in [3.05, 3.63) is 45.5 Å². The second kappa shape index (κ2) is 10.2. The van der Waals surface area contributed by atoms with E-state index in [1.807, 2.05) is 5.32 Å². The molecule has 186 valence electrons. The summed E-state index contributed by atoms with van der Waals surface area (Å²) in [6, 6.07) is 3.98. The summed E-state index contributed by atoms with van der Waals surface area (Å²) in [6.07, 6.45) is 0. The van der Waals surface area contributed by atoms with E-state index in [1.54, 1.807) is 0 Å². The molecule has 20 radical (unpaired) electrons. The molecule has 0 spiro atoms. The summed E-state index contributed by atoms with van der Waals surface area (Å²) >= 11 is 5.85. The first-order valence-corrected chi connectivity index (χ1v) is 12.1. The maximum atomic E-state index is 15.2. The minimum absolute atomic E-state index is 0.0107. The lowest BCUT2D eigenvalue weighted by Crippen LogP contribution is -2.75. The van der Waals surface area contributed by atoms with Crippen LogP contribution in [0.15, 0.2) is 18.2 Å². The minimum Gasteiger partial charge on any atom is -0.346 e. The van der Waals surface area contributed by atoms with Gasteiger partial charge in [0.2, 0.25) is 19.8 Å². The summed E-state index contributed by atoms with van der Waals surface area (Å²) in [5, 5.41) is -3.67. The average Bonchev–Trinajstić information content (AvgIpc) is 3.26. The van der Waals surface area contributed by atoms with Crippen LogP contribution in [0.4, 0.5) is 8.78 Å². The summed E-state index contributed by atoms with van der Waals surface area (Å²) in [7, 11) is 58.1. The van der Waals surface area contributed by atoms with Gasteiger partial charge in [0, 0.05) is 29.2 Å². The summed E-state index contributed by atoms with van der Waals surface area (Å²) in [6.45, 7) is -0.891. The Morgan fingerprint density at radius 1 is 0.952 bits per heavy atom. The lowest BCUT2D eigenvalue weighted by molar-refractivity contribution is -0.149. The monoisotopic (exact) mass is 561 g/mol. The number of fused-ring (bicyclic) bond motifs is 1. The Hall–Kier alpha value is -2.68. The van der Waals surface area contributed by atoms with Gasteiger partial charge in [-0.15, -0.1) is 0 Å². The third-order valence-corrected chi connectivity index (χ3v) is 7.88. The summed E-state index contributed by atoms with van der Waals surface area (Å²) < 4.78 is 30.3. The van der Waals surface area contributed by atoms with Crippen LogP contribution < -0.4 is 27.2 Å². The van der Waals surface area contributed by atoms with Gasteiger partial charge in [0.15, 0.2) is 0 Å². The van der Waals surface area contributed by atoms with Gasteiger partial charge >= 0.3 is 5.92 Å². The van der Waals surface area contributed by atoms with Crippen LogP contribution in [0.25, 0.3) is 0 Å². The Morgan fingerprint density at radius 3 is 2.05 bits per heavy atom. The first kappa shape index (κ1) is 32.2. The Labute approximate surface area is 258 Å². The van der Waals surface area contributed by atoms with E-state index in [0.29, 0.717) is 0 Å². The van der Waals surface area contributed by atoms with E-state index >= 15 is 8.78 Å². The van der Waals surface area contributed by atoms with Gasteiger partial charge in [0.1, 0.15) is 39.2 Å². The van der Waals surface area contributed by atoms with E-state index in [-0.39, 0.29) is 26.5 Å². The van der Waals surface area contributed by atoms with E-state index in [4.69, 9.17) is 90.2 Å². The van der Waals surface area contributed by atoms with Crippen molar-refractivity contribution in [1.29, 1.82) is 0 Å². The zero-order chi connectivity index (χ0) is 31.9. The summed E-state index contributed by atoms with van der Waals surface area (Å²) in [5.74, 6) is -9.65. The van der Waals surface area contributed by atoms with Gasteiger partial charge in [-0.3, -0.25) is 19.2 Å². The largest absolute Gasteiger partial charge is 0.348 e. The molecule has 0 saturated carbocycles. The molecular weight excluding hydrogens is 552 g/mol. The molecule has 1 N–H and O–H groups in total. The van der Waals surface area contributed by atoms with Crippen LogP contribution in [0.5, 0.6) is 0 Å². The van der Waals surface area contributed by atoms with Crippen LogP contribution >= 0.6 is 11.6 Å². The van der Waals surface area contributed by atoms with Gasteiger partial charge in [-0.25, -0.2) is 0 Å². The van der Waals surface area contributed by atoms with Crippen LogP contribution in [0, 0.1) is 0 Å². The van der Waals surface area contributed by atoms with Crippen molar-refractivity contribution >= 4 is 136 Å². The minimum atomic E-state index is -4.29. The maximum Gasteiger partial charge on any atom is 0.348 e. The predicted molar refractivity (Wildman–Crippen MR) is 160 cm³/mol. The Bertz CT molecular complexity index is 1560. The molecule has 0 aliphatic carbocycles. The van der Waals surface area contributed by atoms with Gasteiger partial charge in [-0.2, -0.15) is 8.78 Å². The molecule has 0 bridgehead atoms. The van der Waals surface area contributed by atoms with Crippen molar-refractivity contribution in [2.24, 2.45) is 0 Å². The molecule has 1 unspecified atom stereocenters. The van der Waals surface area contributed by atoms with E-state index < -0.39 is 85.9 Å². The Balaban J connectivity index is 1.60. The number of imide groups is 1. The van der Waals surface area contributed by atoms with Gasteiger partial charge in [-0.1, -0.05) is 50.8 Å². The molecule has 1 saturated heterocycles. The molecule has 2 aromatic rings. The van der Waals surface area contributed by atoms with Crippen LogP contribution in [-0.4, -0.2) is 117 Å². The molecule has 0 aromatic heterocycles. The van der Waals surface area contributed by atoms with Crippen LogP contribution in [0.1, 0.15) is 27.0 Å². The number of halogens is 3. The highest BCUT2D eigenvalue weighted by Crippen LogP contribution is 2.56. The van der Waals surface area contributed by atoms with Crippen molar-refractivity contribution in [3.63, 3.8) is 0 Å². The van der Waals surface area contributed by atoms with Crippen molar-refractivity contribution in [2.45, 2.75) is 34.9 Å². The third kappa shape index (κ3) is 4.27. The van der Waals surface area contributed by atoms with E-state index in [2.05, 4.69) is 0 Å². The van der Waals surface area contributed by atoms with Gasteiger partial charge in [0.25, 0.3) is 11.8 Å². The SMILES string of the molecule is [B]c1c([B])c(C(F)(F)C(=O)NCc2ccc3c(c2)CN(C2([B])C(=O)N([B])C(=O)C([B])([B])C2([B])[B])C3=O)c([B])c([B])c1Cl. The van der Waals surface area contributed by atoms with Crippen LogP contribution in [0.2, 0.25) is 15.5 Å². The number of nitrogens with one attached hydrogen (secondary N) is 1.